The molecule has 1 aliphatic carbocycles. The molecule has 1 fully saturated rings. The first-order chi connectivity index (χ1) is 7.00. The lowest BCUT2D eigenvalue weighted by atomic mass is 9.93. The fraction of sp³-hybridized carbons (Fsp3) is 0.917. The number of nitrogens with zero attached hydrogens (tertiary/aromatic N) is 1. The first-order valence-corrected chi connectivity index (χ1v) is 6.04. The Labute approximate surface area is 93.2 Å². The molecular weight excluding hydrogens is 188 g/mol. The summed E-state index contributed by atoms with van der Waals surface area (Å²) in [5.74, 6) is 0.638. The average molecular weight is 212 g/mol. The lowest BCUT2D eigenvalue weighted by Crippen LogP contribution is -2.48. The van der Waals surface area contributed by atoms with Crippen LogP contribution in [0.25, 0.3) is 0 Å². The van der Waals surface area contributed by atoms with E-state index in [-0.39, 0.29) is 6.03 Å². The Kier molecular flexibility index (Phi) is 4.43. The quantitative estimate of drug-likeness (QED) is 0.763. The van der Waals surface area contributed by atoms with Gasteiger partial charge in [0, 0.05) is 19.1 Å². The third kappa shape index (κ3) is 3.73. The number of urea groups is 1. The van der Waals surface area contributed by atoms with Crippen LogP contribution in [0.2, 0.25) is 0 Å². The van der Waals surface area contributed by atoms with Crippen LogP contribution in [0.4, 0.5) is 4.79 Å². The van der Waals surface area contributed by atoms with Crippen molar-refractivity contribution in [3.8, 4) is 0 Å². The van der Waals surface area contributed by atoms with Crippen molar-refractivity contribution in [1.29, 1.82) is 0 Å². The van der Waals surface area contributed by atoms with E-state index in [9.17, 15) is 4.79 Å². The van der Waals surface area contributed by atoms with Gasteiger partial charge in [0.25, 0.3) is 0 Å². The molecule has 0 spiro atoms. The monoisotopic (exact) mass is 212 g/mol. The normalized spacial score (nSPS) is 18.5. The molecule has 1 N–H and O–H groups in total. The number of amides is 2. The molecule has 0 heterocycles. The van der Waals surface area contributed by atoms with Gasteiger partial charge in [-0.15, -0.1) is 0 Å². The van der Waals surface area contributed by atoms with E-state index in [2.05, 4.69) is 26.1 Å². The van der Waals surface area contributed by atoms with E-state index in [4.69, 9.17) is 0 Å². The zero-order chi connectivity index (χ0) is 11.4. The van der Waals surface area contributed by atoms with Gasteiger partial charge in [-0.25, -0.2) is 4.79 Å². The maximum absolute atomic E-state index is 11.8. The summed E-state index contributed by atoms with van der Waals surface area (Å²) in [5, 5.41) is 3.06. The average Bonchev–Trinajstić information content (AvgIpc) is 2.08. The largest absolute Gasteiger partial charge is 0.335 e. The first-order valence-electron chi connectivity index (χ1n) is 6.04. The van der Waals surface area contributed by atoms with Crippen molar-refractivity contribution in [1.82, 2.24) is 10.2 Å². The summed E-state index contributed by atoms with van der Waals surface area (Å²) in [6.07, 6.45) is 4.63. The van der Waals surface area contributed by atoms with E-state index in [0.717, 1.165) is 19.3 Å². The molecule has 15 heavy (non-hydrogen) atoms. The van der Waals surface area contributed by atoms with E-state index in [1.807, 2.05) is 11.9 Å². The van der Waals surface area contributed by atoms with Crippen molar-refractivity contribution >= 4 is 6.03 Å². The number of carbonyl (C=O) groups excluding carboxylic acids is 1. The van der Waals surface area contributed by atoms with Crippen molar-refractivity contribution in [3.63, 3.8) is 0 Å². The minimum Gasteiger partial charge on any atom is -0.335 e. The molecule has 0 bridgehead atoms. The van der Waals surface area contributed by atoms with Crippen LogP contribution in [0, 0.1) is 5.92 Å². The highest BCUT2D eigenvalue weighted by atomic mass is 16.2. The Bertz CT molecular complexity index is 212. The maximum Gasteiger partial charge on any atom is 0.317 e. The third-order valence-electron chi connectivity index (χ3n) is 3.23. The van der Waals surface area contributed by atoms with Crippen molar-refractivity contribution in [3.05, 3.63) is 0 Å². The number of hydrogen-bond donors (Lipinski definition) is 1. The Morgan fingerprint density at radius 2 is 2.00 bits per heavy atom. The fourth-order valence-electron chi connectivity index (χ4n) is 1.87. The van der Waals surface area contributed by atoms with Gasteiger partial charge in [0.05, 0.1) is 0 Å². The molecule has 1 aliphatic rings. The highest BCUT2D eigenvalue weighted by molar-refractivity contribution is 5.74. The molecule has 2 amide bonds. The fourth-order valence-corrected chi connectivity index (χ4v) is 1.87. The van der Waals surface area contributed by atoms with Gasteiger partial charge in [-0.2, -0.15) is 0 Å². The van der Waals surface area contributed by atoms with Crippen molar-refractivity contribution < 1.29 is 4.79 Å². The molecule has 0 radical (unpaired) electrons. The van der Waals surface area contributed by atoms with E-state index in [0.29, 0.717) is 18.0 Å². The SMILES string of the molecule is CC(C)CC(C)N(C)C(=O)NC1CCC1. The summed E-state index contributed by atoms with van der Waals surface area (Å²) < 4.78 is 0. The molecule has 1 atom stereocenters. The number of hydrogen-bond acceptors (Lipinski definition) is 1. The molecule has 0 aliphatic heterocycles. The van der Waals surface area contributed by atoms with Gasteiger partial charge in [-0.3, -0.25) is 0 Å². The smallest absolute Gasteiger partial charge is 0.317 e. The number of carbonyl (C=O) groups is 1. The van der Waals surface area contributed by atoms with E-state index in [1.165, 1.54) is 6.42 Å². The van der Waals surface area contributed by atoms with Crippen LogP contribution in [0.1, 0.15) is 46.5 Å². The second kappa shape index (κ2) is 5.38. The van der Waals surface area contributed by atoms with Crippen LogP contribution in [-0.2, 0) is 0 Å². The van der Waals surface area contributed by atoms with Crippen molar-refractivity contribution in [2.75, 3.05) is 7.05 Å². The summed E-state index contributed by atoms with van der Waals surface area (Å²) in [7, 11) is 1.89. The standard InChI is InChI=1S/C12H24N2O/c1-9(2)8-10(3)14(4)12(15)13-11-6-5-7-11/h9-11H,5-8H2,1-4H3,(H,13,15). The third-order valence-corrected chi connectivity index (χ3v) is 3.23. The van der Waals surface area contributed by atoms with Gasteiger partial charge in [0.2, 0.25) is 0 Å². The van der Waals surface area contributed by atoms with Crippen LogP contribution in [0.15, 0.2) is 0 Å². The number of nitrogens with one attached hydrogen (secondary N) is 1. The molecular formula is C12H24N2O. The second-order valence-corrected chi connectivity index (χ2v) is 5.17. The second-order valence-electron chi connectivity index (χ2n) is 5.17. The molecule has 0 aromatic rings. The topological polar surface area (TPSA) is 32.3 Å². The lowest BCUT2D eigenvalue weighted by Gasteiger charge is -2.32. The minimum atomic E-state index is 0.0906. The van der Waals surface area contributed by atoms with Gasteiger partial charge in [-0.1, -0.05) is 13.8 Å². The Balaban J connectivity index is 2.30. The molecule has 0 aromatic carbocycles. The molecule has 1 saturated carbocycles. The summed E-state index contributed by atoms with van der Waals surface area (Å²) >= 11 is 0. The molecule has 3 nitrogen and oxygen atoms in total. The zero-order valence-electron chi connectivity index (χ0n) is 10.4. The zero-order valence-corrected chi connectivity index (χ0v) is 10.4. The van der Waals surface area contributed by atoms with Crippen LogP contribution in [0.5, 0.6) is 0 Å². The van der Waals surface area contributed by atoms with Crippen molar-refractivity contribution in [2.45, 2.75) is 58.5 Å². The van der Waals surface area contributed by atoms with Gasteiger partial charge < -0.3 is 10.2 Å². The van der Waals surface area contributed by atoms with Crippen LogP contribution >= 0.6 is 0 Å². The van der Waals surface area contributed by atoms with Gasteiger partial charge in [-0.05, 0) is 38.5 Å². The van der Waals surface area contributed by atoms with E-state index in [1.54, 1.807) is 0 Å². The highest BCUT2D eigenvalue weighted by Crippen LogP contribution is 2.18. The summed E-state index contributed by atoms with van der Waals surface area (Å²) in [6, 6.07) is 0.851. The summed E-state index contributed by atoms with van der Waals surface area (Å²) in [6.45, 7) is 6.49. The van der Waals surface area contributed by atoms with E-state index >= 15 is 0 Å². The molecule has 3 heteroatoms. The molecule has 0 saturated heterocycles. The minimum absolute atomic E-state index is 0.0906. The molecule has 1 unspecified atom stereocenters. The summed E-state index contributed by atoms with van der Waals surface area (Å²) in [4.78, 5) is 13.6. The highest BCUT2D eigenvalue weighted by Gasteiger charge is 2.23. The Morgan fingerprint density at radius 3 is 2.40 bits per heavy atom. The van der Waals surface area contributed by atoms with E-state index < -0.39 is 0 Å². The molecule has 0 aromatic heterocycles. The lowest BCUT2D eigenvalue weighted by molar-refractivity contribution is 0.176. The molecule has 1 rings (SSSR count). The first kappa shape index (κ1) is 12.3. The van der Waals surface area contributed by atoms with Crippen LogP contribution < -0.4 is 5.32 Å². The van der Waals surface area contributed by atoms with Crippen LogP contribution in [0.3, 0.4) is 0 Å². The Morgan fingerprint density at radius 1 is 1.40 bits per heavy atom. The van der Waals surface area contributed by atoms with Gasteiger partial charge in [0.15, 0.2) is 0 Å². The van der Waals surface area contributed by atoms with Crippen LogP contribution in [-0.4, -0.2) is 30.1 Å². The Hall–Kier alpha value is -0.730. The molecule has 88 valence electrons. The van der Waals surface area contributed by atoms with Gasteiger partial charge in [0.1, 0.15) is 0 Å². The number of rotatable bonds is 4. The maximum atomic E-state index is 11.8. The van der Waals surface area contributed by atoms with Gasteiger partial charge >= 0.3 is 6.03 Å². The predicted octanol–water partition coefficient (Wildman–Crippen LogP) is 2.61. The van der Waals surface area contributed by atoms with Crippen molar-refractivity contribution in [2.24, 2.45) is 5.92 Å². The predicted molar refractivity (Wildman–Crippen MR) is 62.9 cm³/mol. The summed E-state index contributed by atoms with van der Waals surface area (Å²) in [5.41, 5.74) is 0.